The molecule has 26 heavy (non-hydrogen) atoms. The zero-order chi connectivity index (χ0) is 18.6. The average molecular weight is 392 g/mol. The van der Waals surface area contributed by atoms with Crippen LogP contribution in [-0.2, 0) is 10.0 Å². The van der Waals surface area contributed by atoms with Crippen LogP contribution >= 0.6 is 11.6 Å². The van der Waals surface area contributed by atoms with E-state index in [0.717, 1.165) is 43.0 Å². The summed E-state index contributed by atoms with van der Waals surface area (Å²) in [6, 6.07) is 12.9. The molecule has 5 nitrogen and oxygen atoms in total. The van der Waals surface area contributed by atoms with Crippen molar-refractivity contribution in [1.29, 1.82) is 0 Å². The first kappa shape index (κ1) is 18.9. The number of benzene rings is 1. The number of aromatic nitrogens is 1. The number of piperidine rings is 1. The molecule has 1 aliphatic rings. The Morgan fingerprint density at radius 2 is 1.85 bits per heavy atom. The Morgan fingerprint density at radius 3 is 2.50 bits per heavy atom. The molecule has 3 rings (SSSR count). The Kier molecular flexibility index (Phi) is 5.96. The molecular formula is C19H22ClN3O2S. The first-order chi connectivity index (χ1) is 12.4. The molecule has 0 radical (unpaired) electrons. The van der Waals surface area contributed by atoms with E-state index in [2.05, 4.69) is 14.6 Å². The Balaban J connectivity index is 1.55. The van der Waals surface area contributed by atoms with E-state index in [1.807, 2.05) is 25.1 Å². The number of nitrogens with one attached hydrogen (secondary N) is 1. The molecule has 1 aliphatic heterocycles. The van der Waals surface area contributed by atoms with Crippen molar-refractivity contribution in [3.63, 3.8) is 0 Å². The van der Waals surface area contributed by atoms with Gasteiger partial charge in [-0.1, -0.05) is 29.8 Å². The second-order valence-electron chi connectivity index (χ2n) is 6.42. The largest absolute Gasteiger partial charge is 0.356 e. The summed E-state index contributed by atoms with van der Waals surface area (Å²) >= 11 is 5.83. The van der Waals surface area contributed by atoms with Crippen molar-refractivity contribution in [2.45, 2.75) is 25.8 Å². The van der Waals surface area contributed by atoms with Gasteiger partial charge in [0.15, 0.2) is 0 Å². The summed E-state index contributed by atoms with van der Waals surface area (Å²) in [6.07, 6.45) is 3.08. The van der Waals surface area contributed by atoms with Crippen LogP contribution in [0.4, 0.5) is 5.82 Å². The minimum absolute atomic E-state index is 0.0593. The van der Waals surface area contributed by atoms with E-state index in [1.165, 1.54) is 5.41 Å². The number of anilines is 1. The van der Waals surface area contributed by atoms with Crippen LogP contribution in [-0.4, -0.2) is 32.5 Å². The normalized spacial score (nSPS) is 16.3. The number of hydrogen-bond donors (Lipinski definition) is 1. The van der Waals surface area contributed by atoms with Gasteiger partial charge in [0.2, 0.25) is 10.0 Å². The maximum Gasteiger partial charge on any atom is 0.233 e. The third-order valence-corrected chi connectivity index (χ3v) is 5.74. The summed E-state index contributed by atoms with van der Waals surface area (Å²) in [4.78, 5) is 6.73. The Labute approximate surface area is 159 Å². The summed E-state index contributed by atoms with van der Waals surface area (Å²) in [7, 11) is -3.48. The van der Waals surface area contributed by atoms with Gasteiger partial charge in [-0.25, -0.2) is 18.1 Å². The van der Waals surface area contributed by atoms with Crippen LogP contribution in [0.15, 0.2) is 47.9 Å². The van der Waals surface area contributed by atoms with Crippen molar-refractivity contribution < 1.29 is 8.42 Å². The number of hydrogen-bond acceptors (Lipinski definition) is 4. The predicted octanol–water partition coefficient (Wildman–Crippen LogP) is 3.60. The standard InChI is InChI=1S/C19H22ClN3O2S/c1-15-3-2-4-19(21-15)23-12-9-18(10-13-23)22-26(24,25)14-11-16-5-7-17(20)8-6-16/h2-8,11,14,18,22H,9-10,12-13H2,1H3/b14-11+. The molecule has 2 heterocycles. The molecule has 0 aliphatic carbocycles. The minimum atomic E-state index is -3.48. The van der Waals surface area contributed by atoms with E-state index in [1.54, 1.807) is 30.3 Å². The lowest BCUT2D eigenvalue weighted by molar-refractivity contribution is 0.461. The van der Waals surface area contributed by atoms with Gasteiger partial charge < -0.3 is 4.90 Å². The molecule has 0 bridgehead atoms. The van der Waals surface area contributed by atoms with Crippen molar-refractivity contribution in [2.24, 2.45) is 0 Å². The predicted molar refractivity (Wildman–Crippen MR) is 107 cm³/mol. The van der Waals surface area contributed by atoms with E-state index >= 15 is 0 Å². The maximum absolute atomic E-state index is 12.3. The second-order valence-corrected chi connectivity index (χ2v) is 8.45. The van der Waals surface area contributed by atoms with Crippen LogP contribution in [0.5, 0.6) is 0 Å². The van der Waals surface area contributed by atoms with Gasteiger partial charge in [-0.05, 0) is 55.7 Å². The topological polar surface area (TPSA) is 62.3 Å². The van der Waals surface area contributed by atoms with E-state index in [0.29, 0.717) is 5.02 Å². The lowest BCUT2D eigenvalue weighted by Gasteiger charge is -2.32. The highest BCUT2D eigenvalue weighted by molar-refractivity contribution is 7.92. The molecule has 1 aromatic carbocycles. The number of pyridine rings is 1. The SMILES string of the molecule is Cc1cccc(N2CCC(NS(=O)(=O)/C=C/c3ccc(Cl)cc3)CC2)n1. The van der Waals surface area contributed by atoms with Gasteiger partial charge in [-0.2, -0.15) is 0 Å². The molecular weight excluding hydrogens is 370 g/mol. The smallest absolute Gasteiger partial charge is 0.233 e. The summed E-state index contributed by atoms with van der Waals surface area (Å²) in [6.45, 7) is 3.53. The number of sulfonamides is 1. The zero-order valence-electron chi connectivity index (χ0n) is 14.6. The first-order valence-electron chi connectivity index (χ1n) is 8.56. The fourth-order valence-electron chi connectivity index (χ4n) is 2.94. The van der Waals surface area contributed by atoms with Crippen molar-refractivity contribution in [2.75, 3.05) is 18.0 Å². The summed E-state index contributed by atoms with van der Waals surface area (Å²) in [5, 5.41) is 1.84. The average Bonchev–Trinajstić information content (AvgIpc) is 2.62. The Hall–Kier alpha value is -1.89. The number of nitrogens with zero attached hydrogens (tertiary/aromatic N) is 2. The molecule has 1 fully saturated rings. The molecule has 2 aromatic rings. The van der Waals surface area contributed by atoms with Gasteiger partial charge in [0.1, 0.15) is 5.82 Å². The highest BCUT2D eigenvalue weighted by Gasteiger charge is 2.23. The summed E-state index contributed by atoms with van der Waals surface area (Å²) < 4.78 is 27.3. The molecule has 0 amide bonds. The van der Waals surface area contributed by atoms with E-state index in [9.17, 15) is 8.42 Å². The number of halogens is 1. The van der Waals surface area contributed by atoms with E-state index in [-0.39, 0.29) is 6.04 Å². The van der Waals surface area contributed by atoms with E-state index in [4.69, 9.17) is 11.6 Å². The van der Waals surface area contributed by atoms with Crippen LogP contribution in [0, 0.1) is 6.92 Å². The number of rotatable bonds is 5. The highest BCUT2D eigenvalue weighted by atomic mass is 35.5. The number of aryl methyl sites for hydroxylation is 1. The van der Waals surface area contributed by atoms with Gasteiger partial charge in [-0.15, -0.1) is 0 Å². The van der Waals surface area contributed by atoms with Crippen LogP contribution < -0.4 is 9.62 Å². The highest BCUT2D eigenvalue weighted by Crippen LogP contribution is 2.19. The molecule has 0 spiro atoms. The van der Waals surface area contributed by atoms with Gasteiger partial charge in [0.25, 0.3) is 0 Å². The van der Waals surface area contributed by atoms with Crippen LogP contribution in [0.2, 0.25) is 5.02 Å². The Morgan fingerprint density at radius 1 is 1.15 bits per heavy atom. The summed E-state index contributed by atoms with van der Waals surface area (Å²) in [5.41, 5.74) is 1.78. The van der Waals surface area contributed by atoms with Gasteiger partial charge >= 0.3 is 0 Å². The zero-order valence-corrected chi connectivity index (χ0v) is 16.2. The molecule has 7 heteroatoms. The monoisotopic (exact) mass is 391 g/mol. The van der Waals surface area contributed by atoms with Crippen molar-refractivity contribution in [3.8, 4) is 0 Å². The molecule has 1 N–H and O–H groups in total. The van der Waals surface area contributed by atoms with Gasteiger partial charge in [0, 0.05) is 35.3 Å². The van der Waals surface area contributed by atoms with Crippen LogP contribution in [0.1, 0.15) is 24.1 Å². The van der Waals surface area contributed by atoms with Gasteiger partial charge in [0.05, 0.1) is 0 Å². The summed E-state index contributed by atoms with van der Waals surface area (Å²) in [5.74, 6) is 0.953. The molecule has 0 atom stereocenters. The molecule has 138 valence electrons. The Bertz CT molecular complexity index is 874. The van der Waals surface area contributed by atoms with Crippen LogP contribution in [0.3, 0.4) is 0 Å². The van der Waals surface area contributed by atoms with Crippen molar-refractivity contribution >= 4 is 33.5 Å². The molecule has 0 unspecified atom stereocenters. The second kappa shape index (κ2) is 8.20. The molecule has 1 saturated heterocycles. The maximum atomic E-state index is 12.3. The van der Waals surface area contributed by atoms with Crippen molar-refractivity contribution in [1.82, 2.24) is 9.71 Å². The van der Waals surface area contributed by atoms with Gasteiger partial charge in [-0.3, -0.25) is 0 Å². The molecule has 0 saturated carbocycles. The fourth-order valence-corrected chi connectivity index (χ4v) is 4.19. The molecule has 1 aromatic heterocycles. The first-order valence-corrected chi connectivity index (χ1v) is 10.5. The minimum Gasteiger partial charge on any atom is -0.356 e. The van der Waals surface area contributed by atoms with E-state index < -0.39 is 10.0 Å². The quantitative estimate of drug-likeness (QED) is 0.845. The lowest BCUT2D eigenvalue weighted by Crippen LogP contribution is -2.44. The van der Waals surface area contributed by atoms with Crippen LogP contribution in [0.25, 0.3) is 6.08 Å². The fraction of sp³-hybridized carbons (Fsp3) is 0.316. The third-order valence-electron chi connectivity index (χ3n) is 4.33. The lowest BCUT2D eigenvalue weighted by atomic mass is 10.1. The van der Waals surface area contributed by atoms with Crippen molar-refractivity contribution in [3.05, 3.63) is 64.2 Å². The third kappa shape index (κ3) is 5.30.